The predicted molar refractivity (Wildman–Crippen MR) is 55.3 cm³/mol. The molecule has 7 heteroatoms. The van der Waals surface area contributed by atoms with E-state index in [1.54, 1.807) is 6.92 Å². The van der Waals surface area contributed by atoms with Crippen LogP contribution in [0.3, 0.4) is 0 Å². The standard InChI is InChI=1S/C7H5BBr2F3.K/c1-4-2-5(9)7(6(10)3-4)8(11,12)13;/h2-3H,1H3;/q-1;+1. The Morgan fingerprint density at radius 3 is 1.71 bits per heavy atom. The second-order valence-electron chi connectivity index (χ2n) is 2.72. The summed E-state index contributed by atoms with van der Waals surface area (Å²) < 4.78 is 37.5. The zero-order valence-electron chi connectivity index (χ0n) is 7.62. The van der Waals surface area contributed by atoms with Gasteiger partial charge in [-0.15, -0.1) is 0 Å². The van der Waals surface area contributed by atoms with Gasteiger partial charge in [-0.05, 0) is 33.6 Å². The minimum atomic E-state index is -4.96. The van der Waals surface area contributed by atoms with E-state index in [1.807, 2.05) is 0 Å². The van der Waals surface area contributed by atoms with Crippen LogP contribution in [0.4, 0.5) is 12.9 Å². The first-order chi connectivity index (χ1) is 5.82. The molecule has 0 heterocycles. The van der Waals surface area contributed by atoms with Crippen LogP contribution in [0.5, 0.6) is 0 Å². The first-order valence-electron chi connectivity index (χ1n) is 3.48. The van der Waals surface area contributed by atoms with Crippen molar-refractivity contribution in [2.45, 2.75) is 6.92 Å². The van der Waals surface area contributed by atoms with Crippen molar-refractivity contribution in [1.29, 1.82) is 0 Å². The third-order valence-corrected chi connectivity index (χ3v) is 2.86. The smallest absolute Gasteiger partial charge is 0.445 e. The van der Waals surface area contributed by atoms with E-state index in [9.17, 15) is 12.9 Å². The van der Waals surface area contributed by atoms with E-state index < -0.39 is 12.4 Å². The second kappa shape index (κ2) is 5.84. The average Bonchev–Trinajstić information content (AvgIpc) is 1.78. The van der Waals surface area contributed by atoms with Crippen LogP contribution in [0.15, 0.2) is 21.1 Å². The normalized spacial score (nSPS) is 11.0. The molecule has 0 aliphatic carbocycles. The molecule has 1 aromatic rings. The number of rotatable bonds is 1. The Hall–Kier alpha value is 1.67. The number of benzene rings is 1. The van der Waals surface area contributed by atoms with Crippen molar-refractivity contribution in [3.63, 3.8) is 0 Å². The van der Waals surface area contributed by atoms with Crippen molar-refractivity contribution < 1.29 is 64.3 Å². The van der Waals surface area contributed by atoms with Crippen molar-refractivity contribution in [1.82, 2.24) is 0 Å². The van der Waals surface area contributed by atoms with E-state index in [0.29, 0.717) is 0 Å². The molecule has 0 bridgehead atoms. The SMILES string of the molecule is Cc1cc(Br)c([B-](F)(F)F)c(Br)c1.[K+]. The topological polar surface area (TPSA) is 0 Å². The fourth-order valence-electron chi connectivity index (χ4n) is 1.02. The monoisotopic (exact) mass is 354 g/mol. The van der Waals surface area contributed by atoms with Crippen molar-refractivity contribution >= 4 is 44.3 Å². The van der Waals surface area contributed by atoms with Gasteiger partial charge in [-0.3, -0.25) is 0 Å². The molecule has 0 saturated heterocycles. The summed E-state index contributed by atoms with van der Waals surface area (Å²) in [4.78, 5) is 0. The molecule has 72 valence electrons. The summed E-state index contributed by atoms with van der Waals surface area (Å²) in [6, 6.07) is 2.91. The van der Waals surface area contributed by atoms with Gasteiger partial charge in [0.05, 0.1) is 0 Å². The fraction of sp³-hybridized carbons (Fsp3) is 0.143. The van der Waals surface area contributed by atoms with Crippen LogP contribution in [-0.2, 0) is 0 Å². The van der Waals surface area contributed by atoms with E-state index >= 15 is 0 Å². The maximum atomic E-state index is 12.4. The molecule has 0 radical (unpaired) electrons. The maximum Gasteiger partial charge on any atom is 1.00 e. The molecule has 0 aliphatic rings. The van der Waals surface area contributed by atoms with Gasteiger partial charge in [-0.25, -0.2) is 0 Å². The van der Waals surface area contributed by atoms with Crippen molar-refractivity contribution in [2.24, 2.45) is 0 Å². The Labute approximate surface area is 140 Å². The quantitative estimate of drug-likeness (QED) is 0.647. The number of hydrogen-bond donors (Lipinski definition) is 0. The molecule has 0 atom stereocenters. The second-order valence-corrected chi connectivity index (χ2v) is 4.43. The van der Waals surface area contributed by atoms with Gasteiger partial charge in [0, 0.05) is 0 Å². The largest absolute Gasteiger partial charge is 1.00 e. The first-order valence-corrected chi connectivity index (χ1v) is 5.06. The van der Waals surface area contributed by atoms with E-state index in [0.717, 1.165) is 5.56 Å². The minimum Gasteiger partial charge on any atom is -0.445 e. The van der Waals surface area contributed by atoms with Crippen molar-refractivity contribution in [3.8, 4) is 0 Å². The number of hydrogen-bond acceptors (Lipinski definition) is 0. The summed E-state index contributed by atoms with van der Waals surface area (Å²) in [5.74, 6) is 0. The Morgan fingerprint density at radius 2 is 1.43 bits per heavy atom. The predicted octanol–water partition coefficient (Wildman–Crippen LogP) is 0.578. The number of aryl methyl sites for hydroxylation is 1. The number of halogens is 5. The summed E-state index contributed by atoms with van der Waals surface area (Å²) in [5.41, 5.74) is 0.174. The van der Waals surface area contributed by atoms with E-state index in [2.05, 4.69) is 31.9 Å². The molecule has 0 spiro atoms. The van der Waals surface area contributed by atoms with Crippen LogP contribution < -0.4 is 56.8 Å². The molecule has 0 aliphatic heterocycles. The molecular formula is C7H5BBr2F3K. The first kappa shape index (κ1) is 15.7. The molecule has 1 rings (SSSR count). The summed E-state index contributed by atoms with van der Waals surface area (Å²) in [7, 11) is 0. The van der Waals surface area contributed by atoms with Gasteiger partial charge in [0.25, 0.3) is 0 Å². The zero-order chi connectivity index (χ0) is 10.2. The van der Waals surface area contributed by atoms with E-state index in [-0.39, 0.29) is 60.3 Å². The zero-order valence-corrected chi connectivity index (χ0v) is 13.9. The van der Waals surface area contributed by atoms with Crippen LogP contribution in [0.1, 0.15) is 5.56 Å². The maximum absolute atomic E-state index is 12.4. The molecule has 0 unspecified atom stereocenters. The van der Waals surface area contributed by atoms with E-state index in [1.165, 1.54) is 12.1 Å². The molecular weight excluding hydrogens is 351 g/mol. The van der Waals surface area contributed by atoms with Gasteiger partial charge in [-0.2, -0.15) is 0 Å². The third-order valence-electron chi connectivity index (χ3n) is 1.55. The molecule has 0 aromatic heterocycles. The summed E-state index contributed by atoms with van der Waals surface area (Å²) in [6.07, 6.45) is 0. The summed E-state index contributed by atoms with van der Waals surface area (Å²) in [6.45, 7) is -3.22. The Kier molecular flexibility index (Phi) is 6.54. The van der Waals surface area contributed by atoms with Gasteiger partial charge in [0.15, 0.2) is 0 Å². The van der Waals surface area contributed by atoms with Crippen LogP contribution in [0.2, 0.25) is 0 Å². The molecule has 0 N–H and O–H groups in total. The summed E-state index contributed by atoms with van der Waals surface area (Å²) in [5, 5.41) is 0. The summed E-state index contributed by atoms with van der Waals surface area (Å²) >= 11 is 5.80. The molecule has 0 saturated carbocycles. The van der Waals surface area contributed by atoms with Crippen LogP contribution >= 0.6 is 31.9 Å². The van der Waals surface area contributed by atoms with Crippen LogP contribution in [0, 0.1) is 6.92 Å². The van der Waals surface area contributed by atoms with Crippen molar-refractivity contribution in [3.05, 3.63) is 26.6 Å². The van der Waals surface area contributed by atoms with Crippen LogP contribution in [-0.4, -0.2) is 6.98 Å². The molecule has 0 nitrogen and oxygen atoms in total. The van der Waals surface area contributed by atoms with Crippen LogP contribution in [0.25, 0.3) is 0 Å². The molecule has 0 amide bonds. The molecule has 14 heavy (non-hydrogen) atoms. The fourth-order valence-corrected chi connectivity index (χ4v) is 2.96. The Morgan fingerprint density at radius 1 is 1.07 bits per heavy atom. The molecule has 1 aromatic carbocycles. The Balaban J connectivity index is 0.00000169. The van der Waals surface area contributed by atoms with Gasteiger partial charge in [0.2, 0.25) is 0 Å². The van der Waals surface area contributed by atoms with Gasteiger partial charge >= 0.3 is 58.4 Å². The third kappa shape index (κ3) is 3.92. The Bertz CT molecular complexity index is 317. The average molecular weight is 356 g/mol. The van der Waals surface area contributed by atoms with Gasteiger partial charge in [-0.1, -0.05) is 37.3 Å². The molecule has 0 fully saturated rings. The minimum absolute atomic E-state index is 0. The van der Waals surface area contributed by atoms with Gasteiger partial charge in [0.1, 0.15) is 0 Å². The van der Waals surface area contributed by atoms with E-state index in [4.69, 9.17) is 0 Å². The van der Waals surface area contributed by atoms with Gasteiger partial charge < -0.3 is 12.9 Å². The van der Waals surface area contributed by atoms with Crippen molar-refractivity contribution in [2.75, 3.05) is 0 Å².